The summed E-state index contributed by atoms with van der Waals surface area (Å²) in [6.07, 6.45) is 3.13. The van der Waals surface area contributed by atoms with Crippen LogP contribution >= 0.6 is 0 Å². The van der Waals surface area contributed by atoms with Crippen LogP contribution in [-0.2, 0) is 9.63 Å². The number of benzene rings is 1. The Labute approximate surface area is 129 Å². The predicted octanol–water partition coefficient (Wildman–Crippen LogP) is 3.11. The van der Waals surface area contributed by atoms with Crippen molar-refractivity contribution < 1.29 is 14.0 Å². The minimum atomic E-state index is -0.553. The maximum atomic E-state index is 13.0. The Morgan fingerprint density at radius 2 is 1.86 bits per heavy atom. The molecule has 118 valence electrons. The van der Waals surface area contributed by atoms with Crippen LogP contribution < -0.4 is 0 Å². The molecular weight excluding hydrogens is 283 g/mol. The molecule has 0 unspecified atom stereocenters. The summed E-state index contributed by atoms with van der Waals surface area (Å²) in [6.45, 7) is 4.18. The summed E-state index contributed by atoms with van der Waals surface area (Å²) in [5.41, 5.74) is 1.51. The largest absolute Gasteiger partial charge is 0.382 e. The highest BCUT2D eigenvalue weighted by molar-refractivity contribution is 6.04. The summed E-state index contributed by atoms with van der Waals surface area (Å²) in [5, 5.41) is 4.03. The average Bonchev–Trinajstić information content (AvgIpc) is 2.97. The lowest BCUT2D eigenvalue weighted by Crippen LogP contribution is -2.51. The van der Waals surface area contributed by atoms with Gasteiger partial charge in [0.2, 0.25) is 6.10 Å². The molecule has 0 N–H and O–H groups in total. The second-order valence-electron chi connectivity index (χ2n) is 6.22. The smallest absolute Gasteiger partial charge is 0.267 e. The SMILES string of the molecule is C[C@@H]1CCC[C@@H](C)N1C(=O)[C@H]1CC(c2ccc(F)cc2)=NO1. The zero-order valence-corrected chi connectivity index (χ0v) is 13.0. The van der Waals surface area contributed by atoms with Crippen molar-refractivity contribution in [3.8, 4) is 0 Å². The summed E-state index contributed by atoms with van der Waals surface area (Å²) in [5.74, 6) is -0.271. The Balaban J connectivity index is 1.68. The minimum absolute atomic E-state index is 0.0144. The molecule has 0 bridgehead atoms. The fourth-order valence-corrected chi connectivity index (χ4v) is 3.34. The van der Waals surface area contributed by atoms with Gasteiger partial charge in [-0.25, -0.2) is 4.39 Å². The molecule has 0 aromatic heterocycles. The second-order valence-corrected chi connectivity index (χ2v) is 6.22. The Kier molecular flexibility index (Phi) is 4.14. The van der Waals surface area contributed by atoms with Crippen molar-refractivity contribution in [2.75, 3.05) is 0 Å². The van der Waals surface area contributed by atoms with Crippen molar-refractivity contribution in [1.29, 1.82) is 0 Å². The average molecular weight is 304 g/mol. The van der Waals surface area contributed by atoms with Gasteiger partial charge in [-0.15, -0.1) is 0 Å². The predicted molar refractivity (Wildman–Crippen MR) is 82.0 cm³/mol. The molecular formula is C17H21FN2O2. The normalized spacial score (nSPS) is 28.2. The first-order valence-corrected chi connectivity index (χ1v) is 7.87. The Morgan fingerprint density at radius 3 is 2.50 bits per heavy atom. The number of hydrogen-bond acceptors (Lipinski definition) is 3. The first-order valence-electron chi connectivity index (χ1n) is 7.87. The third-order valence-electron chi connectivity index (χ3n) is 4.57. The molecule has 0 spiro atoms. The first-order chi connectivity index (χ1) is 10.6. The fraction of sp³-hybridized carbons (Fsp3) is 0.529. The van der Waals surface area contributed by atoms with Crippen molar-refractivity contribution in [3.63, 3.8) is 0 Å². The molecule has 1 saturated heterocycles. The number of likely N-dealkylation sites (tertiary alicyclic amines) is 1. The van der Waals surface area contributed by atoms with Gasteiger partial charge in [0.15, 0.2) is 0 Å². The van der Waals surface area contributed by atoms with Crippen molar-refractivity contribution in [2.24, 2.45) is 5.16 Å². The maximum absolute atomic E-state index is 13.0. The molecule has 22 heavy (non-hydrogen) atoms. The third kappa shape index (κ3) is 2.85. The highest BCUT2D eigenvalue weighted by atomic mass is 19.1. The molecule has 0 aliphatic carbocycles. The van der Waals surface area contributed by atoms with E-state index >= 15 is 0 Å². The molecule has 1 aromatic carbocycles. The minimum Gasteiger partial charge on any atom is -0.382 e. The lowest BCUT2D eigenvalue weighted by atomic mass is 9.96. The third-order valence-corrected chi connectivity index (χ3v) is 4.57. The van der Waals surface area contributed by atoms with E-state index in [0.29, 0.717) is 12.1 Å². The van der Waals surface area contributed by atoms with Crippen molar-refractivity contribution in [3.05, 3.63) is 35.6 Å². The number of hydrogen-bond donors (Lipinski definition) is 0. The van der Waals surface area contributed by atoms with E-state index in [4.69, 9.17) is 4.84 Å². The van der Waals surface area contributed by atoms with E-state index in [1.54, 1.807) is 12.1 Å². The van der Waals surface area contributed by atoms with Crippen LogP contribution in [-0.4, -0.2) is 34.7 Å². The lowest BCUT2D eigenvalue weighted by molar-refractivity contribution is -0.148. The van der Waals surface area contributed by atoms with Crippen LogP contribution in [0.3, 0.4) is 0 Å². The van der Waals surface area contributed by atoms with Crippen LogP contribution in [0.2, 0.25) is 0 Å². The maximum Gasteiger partial charge on any atom is 0.267 e. The summed E-state index contributed by atoms with van der Waals surface area (Å²) >= 11 is 0. The summed E-state index contributed by atoms with van der Waals surface area (Å²) in [7, 11) is 0. The number of halogens is 1. The summed E-state index contributed by atoms with van der Waals surface area (Å²) < 4.78 is 13.0. The van der Waals surface area contributed by atoms with Crippen molar-refractivity contribution in [2.45, 2.75) is 57.7 Å². The molecule has 3 atom stereocenters. The zero-order chi connectivity index (χ0) is 15.7. The number of rotatable bonds is 2. The summed E-state index contributed by atoms with van der Waals surface area (Å²) in [4.78, 5) is 20.0. The van der Waals surface area contributed by atoms with Gasteiger partial charge in [0.25, 0.3) is 5.91 Å². The Bertz CT molecular complexity index is 575. The van der Waals surface area contributed by atoms with E-state index in [2.05, 4.69) is 19.0 Å². The summed E-state index contributed by atoms with van der Waals surface area (Å²) in [6, 6.07) is 6.60. The van der Waals surface area contributed by atoms with Crippen LogP contribution in [0.5, 0.6) is 0 Å². The van der Waals surface area contributed by atoms with Crippen LogP contribution in [0, 0.1) is 5.82 Å². The molecule has 0 radical (unpaired) electrons. The topological polar surface area (TPSA) is 41.9 Å². The first kappa shape index (κ1) is 15.0. The van der Waals surface area contributed by atoms with E-state index in [0.717, 1.165) is 24.8 Å². The number of amides is 1. The van der Waals surface area contributed by atoms with Crippen molar-refractivity contribution >= 4 is 11.6 Å². The lowest BCUT2D eigenvalue weighted by Gasteiger charge is -2.39. The van der Waals surface area contributed by atoms with Crippen LogP contribution in [0.1, 0.15) is 45.1 Å². The van der Waals surface area contributed by atoms with E-state index < -0.39 is 6.10 Å². The van der Waals surface area contributed by atoms with Gasteiger partial charge in [-0.1, -0.05) is 17.3 Å². The number of oxime groups is 1. The van der Waals surface area contributed by atoms with Crippen LogP contribution in [0.25, 0.3) is 0 Å². The van der Waals surface area contributed by atoms with E-state index in [-0.39, 0.29) is 23.8 Å². The van der Waals surface area contributed by atoms with Crippen LogP contribution in [0.4, 0.5) is 4.39 Å². The van der Waals surface area contributed by atoms with Gasteiger partial charge in [0.05, 0.1) is 5.71 Å². The molecule has 1 amide bonds. The number of nitrogens with zero attached hydrogens (tertiary/aromatic N) is 2. The van der Waals surface area contributed by atoms with Gasteiger partial charge in [-0.05, 0) is 50.8 Å². The van der Waals surface area contributed by atoms with Gasteiger partial charge in [0, 0.05) is 18.5 Å². The molecule has 1 fully saturated rings. The molecule has 4 nitrogen and oxygen atoms in total. The molecule has 2 aliphatic rings. The van der Waals surface area contributed by atoms with Gasteiger partial charge < -0.3 is 9.74 Å². The van der Waals surface area contributed by atoms with Gasteiger partial charge in [0.1, 0.15) is 5.82 Å². The Hall–Kier alpha value is -1.91. The number of carbonyl (C=O) groups excluding carboxylic acids is 1. The second kappa shape index (κ2) is 6.07. The zero-order valence-electron chi connectivity index (χ0n) is 13.0. The van der Waals surface area contributed by atoms with Gasteiger partial charge in [-0.2, -0.15) is 0 Å². The van der Waals surface area contributed by atoms with E-state index in [1.807, 2.05) is 4.90 Å². The molecule has 2 heterocycles. The van der Waals surface area contributed by atoms with Gasteiger partial charge >= 0.3 is 0 Å². The molecule has 3 rings (SSSR count). The number of carbonyl (C=O) groups is 1. The Morgan fingerprint density at radius 1 is 1.23 bits per heavy atom. The highest BCUT2D eigenvalue weighted by Crippen LogP contribution is 2.26. The fourth-order valence-electron chi connectivity index (χ4n) is 3.34. The molecule has 5 heteroatoms. The quantitative estimate of drug-likeness (QED) is 0.842. The van der Waals surface area contributed by atoms with E-state index in [9.17, 15) is 9.18 Å². The molecule has 1 aromatic rings. The van der Waals surface area contributed by atoms with E-state index in [1.165, 1.54) is 12.1 Å². The molecule has 0 saturated carbocycles. The van der Waals surface area contributed by atoms with Gasteiger partial charge in [-0.3, -0.25) is 4.79 Å². The highest BCUT2D eigenvalue weighted by Gasteiger charge is 2.37. The number of piperidine rings is 1. The standard InChI is InChI=1S/C17H21FN2O2/c1-11-4-3-5-12(2)20(11)17(21)16-10-15(19-22-16)13-6-8-14(18)9-7-13/h6-9,11-12,16H,3-5,10H2,1-2H3/t11-,12-,16-/m1/s1. The molecule has 2 aliphatic heterocycles. The van der Waals surface area contributed by atoms with Crippen LogP contribution in [0.15, 0.2) is 29.4 Å². The van der Waals surface area contributed by atoms with Crippen molar-refractivity contribution in [1.82, 2.24) is 4.90 Å². The monoisotopic (exact) mass is 304 g/mol.